The van der Waals surface area contributed by atoms with E-state index in [4.69, 9.17) is 26.1 Å². The first-order chi connectivity index (χ1) is 11.7. The van der Waals surface area contributed by atoms with Gasteiger partial charge in [0.1, 0.15) is 11.0 Å². The normalized spacial score (nSPS) is 22.3. The smallest absolute Gasteiger partial charge is 0.156 e. The maximum Gasteiger partial charge on any atom is 0.156 e. The Hall–Kier alpha value is -1.69. The van der Waals surface area contributed by atoms with Crippen LogP contribution >= 0.6 is 11.6 Å². The Bertz CT molecular complexity index is 812. The van der Waals surface area contributed by atoms with Crippen LogP contribution in [0.4, 0.5) is 11.5 Å². The van der Waals surface area contributed by atoms with Crippen LogP contribution < -0.4 is 4.90 Å². The SMILES string of the molecule is COC1(c2cccc(N3CC4(CC4)c4cnc(Cl)cc43)n2)COC1. The first-order valence-electron chi connectivity index (χ1n) is 8.20. The van der Waals surface area contributed by atoms with Gasteiger partial charge in [0.25, 0.3) is 0 Å². The predicted molar refractivity (Wildman–Crippen MR) is 90.9 cm³/mol. The maximum absolute atomic E-state index is 6.15. The molecule has 2 aromatic heterocycles. The van der Waals surface area contributed by atoms with Gasteiger partial charge >= 0.3 is 0 Å². The number of ether oxygens (including phenoxy) is 2. The fourth-order valence-corrected chi connectivity index (χ4v) is 3.95. The minimum absolute atomic E-state index is 0.239. The molecule has 0 N–H and O–H groups in total. The van der Waals surface area contributed by atoms with Crippen LogP contribution in [-0.4, -0.2) is 36.8 Å². The molecule has 4 heterocycles. The zero-order valence-corrected chi connectivity index (χ0v) is 14.2. The van der Waals surface area contributed by atoms with Crippen LogP contribution in [0.3, 0.4) is 0 Å². The predicted octanol–water partition coefficient (Wildman–Crippen LogP) is 3.19. The molecule has 5 nitrogen and oxygen atoms in total. The van der Waals surface area contributed by atoms with E-state index in [2.05, 4.69) is 9.88 Å². The van der Waals surface area contributed by atoms with E-state index < -0.39 is 5.60 Å². The minimum Gasteiger partial charge on any atom is -0.374 e. The standard InChI is InChI=1S/C18H18ClN3O2/c1-23-18(10-24-11-18)14-3-2-4-16(21-14)22-9-17(5-6-17)12-8-20-15(19)7-13(12)22/h2-4,7-8H,5-6,9-11H2,1H3. The molecule has 1 saturated heterocycles. The quantitative estimate of drug-likeness (QED) is 0.801. The molecule has 2 aliphatic heterocycles. The van der Waals surface area contributed by atoms with Gasteiger partial charge in [0, 0.05) is 30.8 Å². The monoisotopic (exact) mass is 343 g/mol. The summed E-state index contributed by atoms with van der Waals surface area (Å²) in [6.45, 7) is 2.05. The first-order valence-corrected chi connectivity index (χ1v) is 8.58. The van der Waals surface area contributed by atoms with E-state index in [1.165, 1.54) is 18.4 Å². The highest BCUT2D eigenvalue weighted by atomic mass is 35.5. The largest absolute Gasteiger partial charge is 0.374 e. The molecule has 3 aliphatic rings. The summed E-state index contributed by atoms with van der Waals surface area (Å²) < 4.78 is 11.0. The fraction of sp³-hybridized carbons (Fsp3) is 0.444. The zero-order chi connectivity index (χ0) is 16.4. The van der Waals surface area contributed by atoms with Gasteiger partial charge in [0.2, 0.25) is 0 Å². The molecule has 0 aromatic carbocycles. The van der Waals surface area contributed by atoms with E-state index in [0.717, 1.165) is 23.7 Å². The number of hydrogen-bond acceptors (Lipinski definition) is 5. The Morgan fingerprint density at radius 2 is 2.12 bits per heavy atom. The third kappa shape index (κ3) is 1.95. The van der Waals surface area contributed by atoms with Crippen LogP contribution in [0.1, 0.15) is 24.1 Å². The van der Waals surface area contributed by atoms with Gasteiger partial charge in [-0.3, -0.25) is 0 Å². The highest BCUT2D eigenvalue weighted by Gasteiger charge is 2.52. The summed E-state index contributed by atoms with van der Waals surface area (Å²) in [5.41, 5.74) is 3.18. The number of halogens is 1. The van der Waals surface area contributed by atoms with Gasteiger partial charge in [-0.15, -0.1) is 0 Å². The minimum atomic E-state index is -0.411. The van der Waals surface area contributed by atoms with Gasteiger partial charge in [-0.2, -0.15) is 0 Å². The molecular weight excluding hydrogens is 326 g/mol. The van der Waals surface area contributed by atoms with Crippen LogP contribution in [0.15, 0.2) is 30.5 Å². The number of nitrogens with zero attached hydrogens (tertiary/aromatic N) is 3. The average Bonchev–Trinajstić information content (AvgIpc) is 3.25. The molecule has 1 aliphatic carbocycles. The molecule has 1 saturated carbocycles. The topological polar surface area (TPSA) is 47.5 Å². The van der Waals surface area contributed by atoms with Gasteiger partial charge in [-0.25, -0.2) is 9.97 Å². The second-order valence-electron chi connectivity index (χ2n) is 6.96. The lowest BCUT2D eigenvalue weighted by atomic mass is 9.97. The molecule has 0 amide bonds. The number of hydrogen-bond donors (Lipinski definition) is 0. The molecular formula is C18H18ClN3O2. The van der Waals surface area contributed by atoms with E-state index in [1.807, 2.05) is 30.5 Å². The second-order valence-corrected chi connectivity index (χ2v) is 7.35. The average molecular weight is 344 g/mol. The molecule has 6 heteroatoms. The van der Waals surface area contributed by atoms with Gasteiger partial charge in [-0.1, -0.05) is 17.7 Å². The van der Waals surface area contributed by atoms with E-state index in [0.29, 0.717) is 18.4 Å². The maximum atomic E-state index is 6.15. The first kappa shape index (κ1) is 14.6. The number of pyridine rings is 2. The van der Waals surface area contributed by atoms with Crippen molar-refractivity contribution in [3.63, 3.8) is 0 Å². The van der Waals surface area contributed by atoms with Crippen LogP contribution in [-0.2, 0) is 20.5 Å². The van der Waals surface area contributed by atoms with Crippen molar-refractivity contribution >= 4 is 23.1 Å². The van der Waals surface area contributed by atoms with Crippen molar-refractivity contribution in [1.82, 2.24) is 9.97 Å². The van der Waals surface area contributed by atoms with Gasteiger partial charge in [0.15, 0.2) is 5.60 Å². The number of fused-ring (bicyclic) bond motifs is 2. The van der Waals surface area contributed by atoms with E-state index in [-0.39, 0.29) is 5.41 Å². The molecule has 2 aromatic rings. The molecule has 124 valence electrons. The number of aromatic nitrogens is 2. The Morgan fingerprint density at radius 1 is 1.29 bits per heavy atom. The van der Waals surface area contributed by atoms with Crippen molar-refractivity contribution in [3.05, 3.63) is 46.9 Å². The molecule has 5 rings (SSSR count). The summed E-state index contributed by atoms with van der Waals surface area (Å²) in [6.07, 6.45) is 4.34. The summed E-state index contributed by atoms with van der Waals surface area (Å²) in [5.74, 6) is 0.933. The summed E-state index contributed by atoms with van der Waals surface area (Å²) in [6, 6.07) is 8.05. The second kappa shape index (κ2) is 4.91. The fourth-order valence-electron chi connectivity index (χ4n) is 3.79. The van der Waals surface area contributed by atoms with Gasteiger partial charge in [-0.05, 0) is 31.0 Å². The lowest BCUT2D eigenvalue weighted by Crippen LogP contribution is -2.49. The summed E-state index contributed by atoms with van der Waals surface area (Å²) >= 11 is 6.15. The highest BCUT2D eigenvalue weighted by molar-refractivity contribution is 6.29. The van der Waals surface area contributed by atoms with Crippen molar-refractivity contribution < 1.29 is 9.47 Å². The van der Waals surface area contributed by atoms with E-state index in [1.54, 1.807) is 7.11 Å². The molecule has 0 bridgehead atoms. The Labute approximate surface area is 145 Å². The van der Waals surface area contributed by atoms with Crippen molar-refractivity contribution in [1.29, 1.82) is 0 Å². The van der Waals surface area contributed by atoms with Crippen molar-refractivity contribution in [2.24, 2.45) is 0 Å². The third-order valence-corrected chi connectivity index (χ3v) is 5.77. The summed E-state index contributed by atoms with van der Waals surface area (Å²) in [7, 11) is 1.71. The van der Waals surface area contributed by atoms with Gasteiger partial charge < -0.3 is 14.4 Å². The lowest BCUT2D eigenvalue weighted by molar-refractivity contribution is -0.204. The number of anilines is 2. The van der Waals surface area contributed by atoms with Crippen LogP contribution in [0, 0.1) is 0 Å². The Balaban J connectivity index is 1.58. The van der Waals surface area contributed by atoms with Crippen LogP contribution in [0.25, 0.3) is 0 Å². The molecule has 24 heavy (non-hydrogen) atoms. The summed E-state index contributed by atoms with van der Waals surface area (Å²) in [4.78, 5) is 11.5. The third-order valence-electron chi connectivity index (χ3n) is 5.56. The van der Waals surface area contributed by atoms with Gasteiger partial charge in [0.05, 0.1) is 24.6 Å². The zero-order valence-electron chi connectivity index (χ0n) is 13.5. The van der Waals surface area contributed by atoms with Crippen LogP contribution in [0.2, 0.25) is 5.15 Å². The van der Waals surface area contributed by atoms with Crippen molar-refractivity contribution in [3.8, 4) is 0 Å². The van der Waals surface area contributed by atoms with E-state index in [9.17, 15) is 0 Å². The highest BCUT2D eigenvalue weighted by Crippen LogP contribution is 2.57. The van der Waals surface area contributed by atoms with E-state index >= 15 is 0 Å². The molecule has 2 fully saturated rings. The Kier molecular flexibility index (Phi) is 2.99. The number of methoxy groups -OCH3 is 1. The summed E-state index contributed by atoms with van der Waals surface area (Å²) in [5, 5.41) is 0.522. The number of rotatable bonds is 3. The Morgan fingerprint density at radius 3 is 2.79 bits per heavy atom. The molecule has 0 radical (unpaired) electrons. The lowest BCUT2D eigenvalue weighted by Gasteiger charge is -2.39. The van der Waals surface area contributed by atoms with Crippen molar-refractivity contribution in [2.45, 2.75) is 23.9 Å². The molecule has 0 unspecified atom stereocenters. The molecule has 1 spiro atoms. The van der Waals surface area contributed by atoms with Crippen LogP contribution in [0.5, 0.6) is 0 Å². The van der Waals surface area contributed by atoms with Crippen molar-refractivity contribution in [2.75, 3.05) is 31.8 Å². The molecule has 0 atom stereocenters.